The molecule has 1 amide bonds. The van der Waals surface area contributed by atoms with Gasteiger partial charge in [-0.2, -0.15) is 0 Å². The van der Waals surface area contributed by atoms with Gasteiger partial charge in [-0.1, -0.05) is 20.3 Å². The third kappa shape index (κ3) is 5.16. The van der Waals surface area contributed by atoms with Crippen molar-refractivity contribution in [1.82, 2.24) is 5.32 Å². The first kappa shape index (κ1) is 11.5. The van der Waals surface area contributed by atoms with E-state index < -0.39 is 0 Å². The van der Waals surface area contributed by atoms with E-state index in [2.05, 4.69) is 33.0 Å². The molecule has 0 aromatic carbocycles. The fraction of sp³-hybridized carbons (Fsp3) is 0.900. The Balaban J connectivity index is 3.94. The van der Waals surface area contributed by atoms with Gasteiger partial charge in [0.15, 0.2) is 0 Å². The molecule has 72 valence electrons. The zero-order chi connectivity index (χ0) is 9.78. The fourth-order valence-electron chi connectivity index (χ4n) is 1.54. The Labute approximate surface area is 75.7 Å². The van der Waals surface area contributed by atoms with Crippen molar-refractivity contribution >= 4 is 5.91 Å². The van der Waals surface area contributed by atoms with Crippen molar-refractivity contribution in [3.8, 4) is 0 Å². The summed E-state index contributed by atoms with van der Waals surface area (Å²) in [6.07, 6.45) is 2.21. The Bertz CT molecular complexity index is 152. The van der Waals surface area contributed by atoms with Crippen molar-refractivity contribution in [2.75, 3.05) is 0 Å². The van der Waals surface area contributed by atoms with Crippen molar-refractivity contribution in [3.63, 3.8) is 0 Å². The highest BCUT2D eigenvalue weighted by Gasteiger charge is 2.20. The molecule has 1 N–H and O–H groups in total. The van der Waals surface area contributed by atoms with E-state index in [0.717, 1.165) is 6.42 Å². The van der Waals surface area contributed by atoms with E-state index in [9.17, 15) is 4.79 Å². The Morgan fingerprint density at radius 3 is 2.33 bits per heavy atom. The van der Waals surface area contributed by atoms with E-state index in [1.54, 1.807) is 6.92 Å². The third-order valence-electron chi connectivity index (χ3n) is 2.07. The summed E-state index contributed by atoms with van der Waals surface area (Å²) in [5, 5.41) is 2.95. The van der Waals surface area contributed by atoms with Gasteiger partial charge < -0.3 is 5.32 Å². The summed E-state index contributed by atoms with van der Waals surface area (Å²) in [5.41, 5.74) is -0.0543. The number of amides is 1. The second-order valence-corrected chi connectivity index (χ2v) is 4.28. The van der Waals surface area contributed by atoms with Crippen LogP contribution < -0.4 is 5.32 Å². The predicted octanol–water partition coefficient (Wildman–Crippen LogP) is 2.34. The minimum atomic E-state index is -0.0543. The van der Waals surface area contributed by atoms with E-state index >= 15 is 0 Å². The van der Waals surface area contributed by atoms with Crippen LogP contribution in [0.1, 0.15) is 47.5 Å². The minimum Gasteiger partial charge on any atom is -0.351 e. The van der Waals surface area contributed by atoms with E-state index in [0.29, 0.717) is 5.92 Å². The lowest BCUT2D eigenvalue weighted by Gasteiger charge is -2.28. The first-order valence-corrected chi connectivity index (χ1v) is 4.66. The largest absolute Gasteiger partial charge is 0.351 e. The molecular weight excluding hydrogens is 150 g/mol. The Morgan fingerprint density at radius 2 is 2.00 bits per heavy atom. The van der Waals surface area contributed by atoms with Gasteiger partial charge in [0.1, 0.15) is 0 Å². The predicted molar refractivity (Wildman–Crippen MR) is 52.0 cm³/mol. The molecule has 0 bridgehead atoms. The fourth-order valence-corrected chi connectivity index (χ4v) is 1.54. The zero-order valence-electron chi connectivity index (χ0n) is 8.90. The second kappa shape index (κ2) is 4.48. The summed E-state index contributed by atoms with van der Waals surface area (Å²) in [6, 6.07) is 0. The number of hydrogen-bond donors (Lipinski definition) is 1. The van der Waals surface area contributed by atoms with Crippen molar-refractivity contribution < 1.29 is 4.79 Å². The van der Waals surface area contributed by atoms with Crippen LogP contribution in [0.3, 0.4) is 0 Å². The first-order chi connectivity index (χ1) is 5.37. The lowest BCUT2D eigenvalue weighted by Crippen LogP contribution is -2.43. The van der Waals surface area contributed by atoms with Crippen molar-refractivity contribution in [3.05, 3.63) is 0 Å². The van der Waals surface area contributed by atoms with Gasteiger partial charge >= 0.3 is 0 Å². The molecule has 0 aliphatic heterocycles. The number of carbonyl (C=O) groups excluding carboxylic acids is 1. The number of nitrogens with one attached hydrogen (secondary N) is 1. The Kier molecular flexibility index (Phi) is 4.29. The van der Waals surface area contributed by atoms with Gasteiger partial charge in [0.2, 0.25) is 5.91 Å². The summed E-state index contributed by atoms with van der Waals surface area (Å²) in [4.78, 5) is 10.8. The molecule has 0 aromatic heterocycles. The molecule has 2 heteroatoms. The number of hydrogen-bond acceptors (Lipinski definition) is 1. The van der Waals surface area contributed by atoms with Crippen LogP contribution in [0.5, 0.6) is 0 Å². The van der Waals surface area contributed by atoms with Crippen LogP contribution in [0.15, 0.2) is 0 Å². The summed E-state index contributed by atoms with van der Waals surface area (Å²) in [6.45, 7) is 10.1. The maximum absolute atomic E-state index is 10.8. The smallest absolute Gasteiger partial charge is 0.217 e. The molecule has 0 aromatic rings. The average molecular weight is 171 g/mol. The molecule has 0 saturated carbocycles. The summed E-state index contributed by atoms with van der Waals surface area (Å²) in [7, 11) is 0. The molecule has 2 nitrogen and oxygen atoms in total. The third-order valence-corrected chi connectivity index (χ3v) is 2.07. The maximum Gasteiger partial charge on any atom is 0.217 e. The average Bonchev–Trinajstić information content (AvgIpc) is 1.83. The molecule has 0 saturated heterocycles. The first-order valence-electron chi connectivity index (χ1n) is 4.66. The van der Waals surface area contributed by atoms with Crippen molar-refractivity contribution in [1.29, 1.82) is 0 Å². The molecule has 0 rings (SSSR count). The van der Waals surface area contributed by atoms with Crippen LogP contribution in [0.25, 0.3) is 0 Å². The van der Waals surface area contributed by atoms with Gasteiger partial charge in [-0.15, -0.1) is 0 Å². The minimum absolute atomic E-state index is 0.0543. The molecular formula is C10H21NO. The van der Waals surface area contributed by atoms with E-state index in [4.69, 9.17) is 0 Å². The van der Waals surface area contributed by atoms with Crippen LogP contribution in [0.2, 0.25) is 0 Å². The standard InChI is InChI=1S/C10H21NO/c1-6-8(2)7-10(4,5)11-9(3)12/h8H,6-7H2,1-5H3,(H,11,12). The zero-order valence-corrected chi connectivity index (χ0v) is 8.90. The Hall–Kier alpha value is -0.530. The molecule has 1 unspecified atom stereocenters. The molecule has 0 fully saturated rings. The number of carbonyl (C=O) groups is 1. The molecule has 0 spiro atoms. The summed E-state index contributed by atoms with van der Waals surface area (Å²) >= 11 is 0. The van der Waals surface area contributed by atoms with Crippen LogP contribution >= 0.6 is 0 Å². The van der Waals surface area contributed by atoms with Crippen LogP contribution in [-0.2, 0) is 4.79 Å². The van der Waals surface area contributed by atoms with Gasteiger partial charge in [-0.25, -0.2) is 0 Å². The SMILES string of the molecule is CCC(C)CC(C)(C)NC(C)=O. The molecule has 0 aliphatic carbocycles. The summed E-state index contributed by atoms with van der Waals surface area (Å²) in [5.74, 6) is 0.732. The monoisotopic (exact) mass is 171 g/mol. The Morgan fingerprint density at radius 1 is 1.50 bits per heavy atom. The van der Waals surface area contributed by atoms with E-state index in [1.807, 2.05) is 0 Å². The number of rotatable bonds is 4. The van der Waals surface area contributed by atoms with Crippen LogP contribution in [0, 0.1) is 5.92 Å². The van der Waals surface area contributed by atoms with Gasteiger partial charge in [0, 0.05) is 12.5 Å². The normalized spacial score (nSPS) is 14.1. The van der Waals surface area contributed by atoms with Gasteiger partial charge in [0.05, 0.1) is 0 Å². The molecule has 0 radical (unpaired) electrons. The summed E-state index contributed by atoms with van der Waals surface area (Å²) < 4.78 is 0. The second-order valence-electron chi connectivity index (χ2n) is 4.28. The van der Waals surface area contributed by atoms with Gasteiger partial charge in [-0.05, 0) is 26.2 Å². The van der Waals surface area contributed by atoms with Crippen molar-refractivity contribution in [2.24, 2.45) is 5.92 Å². The molecule has 12 heavy (non-hydrogen) atoms. The maximum atomic E-state index is 10.8. The highest BCUT2D eigenvalue weighted by atomic mass is 16.1. The van der Waals surface area contributed by atoms with Gasteiger partial charge in [-0.3, -0.25) is 4.79 Å². The lowest BCUT2D eigenvalue weighted by molar-refractivity contribution is -0.120. The van der Waals surface area contributed by atoms with E-state index in [-0.39, 0.29) is 11.4 Å². The van der Waals surface area contributed by atoms with Crippen LogP contribution in [-0.4, -0.2) is 11.4 Å². The highest BCUT2D eigenvalue weighted by molar-refractivity contribution is 5.73. The molecule has 0 heterocycles. The molecule has 1 atom stereocenters. The molecule has 0 aliphatic rings. The topological polar surface area (TPSA) is 29.1 Å². The quantitative estimate of drug-likeness (QED) is 0.691. The lowest BCUT2D eigenvalue weighted by atomic mass is 9.90. The van der Waals surface area contributed by atoms with Crippen LogP contribution in [0.4, 0.5) is 0 Å². The van der Waals surface area contributed by atoms with Gasteiger partial charge in [0.25, 0.3) is 0 Å². The highest BCUT2D eigenvalue weighted by Crippen LogP contribution is 2.18. The van der Waals surface area contributed by atoms with E-state index in [1.165, 1.54) is 6.42 Å². The van der Waals surface area contributed by atoms with Crippen molar-refractivity contribution in [2.45, 2.75) is 53.0 Å².